The third-order valence-corrected chi connectivity index (χ3v) is 3.50. The highest BCUT2D eigenvalue weighted by Gasteiger charge is 2.55. The average Bonchev–Trinajstić information content (AvgIpc) is 3.02. The molecule has 0 radical (unpaired) electrons. The number of nitrogens with two attached hydrogens (primary N) is 1. The lowest BCUT2D eigenvalue weighted by molar-refractivity contribution is -0.131. The molecule has 1 aliphatic heterocycles. The van der Waals surface area contributed by atoms with E-state index in [0.717, 1.165) is 32.1 Å². The molecule has 1 atom stereocenters. The smallest absolute Gasteiger partial charge is 0.257 e. The summed E-state index contributed by atoms with van der Waals surface area (Å²) in [5.74, 6) is 0.944. The number of carbonyl (C=O) groups is 1. The molecule has 1 saturated carbocycles. The summed E-state index contributed by atoms with van der Waals surface area (Å²) in [6.07, 6.45) is 5.26. The lowest BCUT2D eigenvalue weighted by Gasteiger charge is -2.24. The Bertz CT molecular complexity index is 309. The summed E-state index contributed by atoms with van der Waals surface area (Å²) in [6, 6.07) is 0. The quantitative estimate of drug-likeness (QED) is 0.754. The highest BCUT2D eigenvalue weighted by molar-refractivity contribution is 6.06. The van der Waals surface area contributed by atoms with Crippen LogP contribution in [0.5, 0.6) is 0 Å². The molecule has 0 aromatic carbocycles. The van der Waals surface area contributed by atoms with Crippen LogP contribution in [-0.4, -0.2) is 29.4 Å². The predicted molar refractivity (Wildman–Crippen MR) is 59.4 cm³/mol. The molecule has 2 N–H and O–H groups in total. The number of amides is 1. The number of aliphatic imine (C=N–C) groups is 1. The van der Waals surface area contributed by atoms with Crippen molar-refractivity contribution in [1.29, 1.82) is 0 Å². The molecule has 0 bridgehead atoms. The fourth-order valence-electron chi connectivity index (χ4n) is 2.36. The van der Waals surface area contributed by atoms with Crippen LogP contribution in [0.4, 0.5) is 0 Å². The number of unbranched alkanes of at least 4 members (excludes halogenated alkanes) is 1. The summed E-state index contributed by atoms with van der Waals surface area (Å²) in [7, 11) is 1.72. The van der Waals surface area contributed by atoms with Gasteiger partial charge in [-0.15, -0.1) is 0 Å². The number of hydrogen-bond donors (Lipinski definition) is 1. The van der Waals surface area contributed by atoms with Crippen LogP contribution < -0.4 is 5.73 Å². The summed E-state index contributed by atoms with van der Waals surface area (Å²) in [5, 5.41) is 0. The number of guanidine groups is 1. The van der Waals surface area contributed by atoms with Crippen molar-refractivity contribution < 1.29 is 4.79 Å². The monoisotopic (exact) mass is 209 g/mol. The lowest BCUT2D eigenvalue weighted by atomic mass is 9.87. The Morgan fingerprint density at radius 2 is 2.27 bits per heavy atom. The van der Waals surface area contributed by atoms with E-state index in [2.05, 4.69) is 11.9 Å². The summed E-state index contributed by atoms with van der Waals surface area (Å²) in [5.41, 5.74) is 5.25. The molecule has 2 rings (SSSR count). The van der Waals surface area contributed by atoms with E-state index in [1.54, 1.807) is 7.05 Å². The first kappa shape index (κ1) is 10.5. The molecule has 0 aromatic rings. The van der Waals surface area contributed by atoms with Crippen LogP contribution in [0.15, 0.2) is 4.99 Å². The van der Waals surface area contributed by atoms with Crippen molar-refractivity contribution in [3.8, 4) is 0 Å². The second kappa shape index (κ2) is 3.51. The van der Waals surface area contributed by atoms with Crippen molar-refractivity contribution in [3.63, 3.8) is 0 Å². The van der Waals surface area contributed by atoms with Crippen LogP contribution >= 0.6 is 0 Å². The number of rotatable bonds is 4. The summed E-state index contributed by atoms with van der Waals surface area (Å²) >= 11 is 0. The first-order valence-electron chi connectivity index (χ1n) is 5.75. The zero-order valence-corrected chi connectivity index (χ0v) is 9.49. The molecule has 0 saturated heterocycles. The maximum absolute atomic E-state index is 12.2. The third kappa shape index (κ3) is 1.52. The molecule has 15 heavy (non-hydrogen) atoms. The minimum Gasteiger partial charge on any atom is -0.369 e. The van der Waals surface area contributed by atoms with Gasteiger partial charge in [-0.25, -0.2) is 4.99 Å². The van der Waals surface area contributed by atoms with E-state index in [-0.39, 0.29) is 5.91 Å². The van der Waals surface area contributed by atoms with Crippen molar-refractivity contribution in [1.82, 2.24) is 4.90 Å². The second-order valence-electron chi connectivity index (χ2n) is 4.64. The molecule has 2 aliphatic rings. The summed E-state index contributed by atoms with van der Waals surface area (Å²) in [4.78, 5) is 18.1. The van der Waals surface area contributed by atoms with Crippen LogP contribution in [0.25, 0.3) is 0 Å². The molecule has 0 spiro atoms. The molecule has 1 heterocycles. The maximum Gasteiger partial charge on any atom is 0.257 e. The van der Waals surface area contributed by atoms with Gasteiger partial charge in [-0.1, -0.05) is 19.8 Å². The third-order valence-electron chi connectivity index (χ3n) is 3.50. The van der Waals surface area contributed by atoms with Crippen LogP contribution in [0.1, 0.15) is 39.0 Å². The van der Waals surface area contributed by atoms with E-state index >= 15 is 0 Å². The Balaban J connectivity index is 2.23. The van der Waals surface area contributed by atoms with Gasteiger partial charge in [0, 0.05) is 7.05 Å². The molecule has 4 heteroatoms. The Morgan fingerprint density at radius 1 is 1.60 bits per heavy atom. The Hall–Kier alpha value is -1.06. The Kier molecular flexibility index (Phi) is 2.44. The zero-order chi connectivity index (χ0) is 11.1. The van der Waals surface area contributed by atoms with Crippen LogP contribution in [0.2, 0.25) is 0 Å². The van der Waals surface area contributed by atoms with Crippen molar-refractivity contribution in [3.05, 3.63) is 0 Å². The molecule has 1 aliphatic carbocycles. The fraction of sp³-hybridized carbons (Fsp3) is 0.818. The van der Waals surface area contributed by atoms with Gasteiger partial charge in [0.25, 0.3) is 5.91 Å². The van der Waals surface area contributed by atoms with E-state index in [1.807, 2.05) is 0 Å². The molecular weight excluding hydrogens is 190 g/mol. The van der Waals surface area contributed by atoms with Crippen molar-refractivity contribution in [2.24, 2.45) is 16.6 Å². The largest absolute Gasteiger partial charge is 0.369 e. The Labute approximate surface area is 90.5 Å². The van der Waals surface area contributed by atoms with Gasteiger partial charge in [0.1, 0.15) is 5.54 Å². The highest BCUT2D eigenvalue weighted by Crippen LogP contribution is 2.47. The highest BCUT2D eigenvalue weighted by atomic mass is 16.2. The topological polar surface area (TPSA) is 58.7 Å². The predicted octanol–water partition coefficient (Wildman–Crippen LogP) is 1.11. The molecule has 0 aromatic heterocycles. The van der Waals surface area contributed by atoms with E-state index in [1.165, 1.54) is 4.90 Å². The minimum atomic E-state index is -0.491. The van der Waals surface area contributed by atoms with Crippen molar-refractivity contribution in [2.75, 3.05) is 7.05 Å². The van der Waals surface area contributed by atoms with Gasteiger partial charge in [-0.05, 0) is 25.2 Å². The maximum atomic E-state index is 12.2. The lowest BCUT2D eigenvalue weighted by Crippen LogP contribution is -2.43. The first-order chi connectivity index (χ1) is 7.12. The van der Waals surface area contributed by atoms with Gasteiger partial charge in [0.05, 0.1) is 0 Å². The van der Waals surface area contributed by atoms with Crippen LogP contribution in [0, 0.1) is 5.92 Å². The molecule has 1 fully saturated rings. The van der Waals surface area contributed by atoms with Crippen molar-refractivity contribution in [2.45, 2.75) is 44.6 Å². The fourth-order valence-corrected chi connectivity index (χ4v) is 2.36. The second-order valence-corrected chi connectivity index (χ2v) is 4.64. The number of nitrogens with zero attached hydrogens (tertiary/aromatic N) is 2. The SMILES string of the molecule is CCCC[C@@]1(C2CC2)N=C(N)N(C)C1=O. The first-order valence-corrected chi connectivity index (χ1v) is 5.75. The van der Waals surface area contributed by atoms with E-state index < -0.39 is 5.54 Å². The number of likely N-dealkylation sites (N-methyl/N-ethyl adjacent to an activating group) is 1. The van der Waals surface area contributed by atoms with Gasteiger partial charge >= 0.3 is 0 Å². The van der Waals surface area contributed by atoms with Gasteiger partial charge in [0.15, 0.2) is 5.96 Å². The van der Waals surface area contributed by atoms with Gasteiger partial charge in [-0.3, -0.25) is 9.69 Å². The standard InChI is InChI=1S/C11H19N3O/c1-3-4-7-11(8-5-6-8)9(15)14(2)10(12)13-11/h8H,3-7H2,1-2H3,(H2,12,13)/t11-/m0/s1. The normalized spacial score (nSPS) is 30.9. The van der Waals surface area contributed by atoms with Crippen LogP contribution in [0.3, 0.4) is 0 Å². The molecule has 0 unspecified atom stereocenters. The average molecular weight is 209 g/mol. The van der Waals surface area contributed by atoms with Crippen LogP contribution in [-0.2, 0) is 4.79 Å². The van der Waals surface area contributed by atoms with Gasteiger partial charge in [0.2, 0.25) is 0 Å². The zero-order valence-electron chi connectivity index (χ0n) is 9.49. The van der Waals surface area contributed by atoms with Gasteiger partial charge < -0.3 is 5.73 Å². The van der Waals surface area contributed by atoms with Crippen molar-refractivity contribution >= 4 is 11.9 Å². The molecule has 1 amide bonds. The Morgan fingerprint density at radius 3 is 2.67 bits per heavy atom. The van der Waals surface area contributed by atoms with E-state index in [0.29, 0.717) is 11.9 Å². The summed E-state index contributed by atoms with van der Waals surface area (Å²) < 4.78 is 0. The molecular formula is C11H19N3O. The molecule has 84 valence electrons. The minimum absolute atomic E-state index is 0.107. The van der Waals surface area contributed by atoms with Gasteiger partial charge in [-0.2, -0.15) is 0 Å². The molecule has 4 nitrogen and oxygen atoms in total. The number of hydrogen-bond acceptors (Lipinski definition) is 3. The number of carbonyl (C=O) groups excluding carboxylic acids is 1. The van der Waals surface area contributed by atoms with E-state index in [4.69, 9.17) is 5.73 Å². The summed E-state index contributed by atoms with van der Waals surface area (Å²) in [6.45, 7) is 2.14. The van der Waals surface area contributed by atoms with E-state index in [9.17, 15) is 4.79 Å².